The highest BCUT2D eigenvalue weighted by Gasteiger charge is 2.39. The van der Waals surface area contributed by atoms with Gasteiger partial charge >= 0.3 is 0 Å². The van der Waals surface area contributed by atoms with Crippen molar-refractivity contribution in [2.45, 2.75) is 31.2 Å². The second kappa shape index (κ2) is 5.12. The van der Waals surface area contributed by atoms with Crippen LogP contribution >= 0.6 is 11.6 Å². The molecule has 0 atom stereocenters. The molecule has 90 valence electrons. The van der Waals surface area contributed by atoms with Crippen molar-refractivity contribution in [2.24, 2.45) is 0 Å². The van der Waals surface area contributed by atoms with Gasteiger partial charge in [0.2, 0.25) is 11.7 Å². The van der Waals surface area contributed by atoms with Crippen LogP contribution in [0.25, 0.3) is 0 Å². The lowest BCUT2D eigenvalue weighted by atomic mass is 9.93. The summed E-state index contributed by atoms with van der Waals surface area (Å²) in [4.78, 5) is 4.25. The predicted molar refractivity (Wildman–Crippen MR) is 57.2 cm³/mol. The van der Waals surface area contributed by atoms with Crippen LogP contribution in [0.3, 0.4) is 0 Å². The summed E-state index contributed by atoms with van der Waals surface area (Å²) in [6.45, 7) is 3.89. The molecule has 1 saturated heterocycles. The van der Waals surface area contributed by atoms with E-state index in [9.17, 15) is 0 Å². The van der Waals surface area contributed by atoms with Crippen molar-refractivity contribution in [3.63, 3.8) is 0 Å². The first-order chi connectivity index (χ1) is 7.80. The molecule has 0 amide bonds. The first kappa shape index (κ1) is 11.8. The molecular weight excluding hydrogens is 232 g/mol. The molecule has 1 aromatic heterocycles. The summed E-state index contributed by atoms with van der Waals surface area (Å²) in [5, 5.41) is 3.95. The average Bonchev–Trinajstić information content (AvgIpc) is 2.80. The Balaban J connectivity index is 2.23. The van der Waals surface area contributed by atoms with Crippen molar-refractivity contribution in [3.05, 3.63) is 11.7 Å². The molecule has 2 heterocycles. The number of ether oxygens (including phenoxy) is 2. The van der Waals surface area contributed by atoms with Gasteiger partial charge in [-0.3, -0.25) is 0 Å². The molecule has 1 fully saturated rings. The summed E-state index contributed by atoms with van der Waals surface area (Å²) in [6, 6.07) is 0. The maximum absolute atomic E-state index is 5.81. The van der Waals surface area contributed by atoms with Gasteiger partial charge < -0.3 is 14.0 Å². The number of hydrogen-bond donors (Lipinski definition) is 0. The van der Waals surface area contributed by atoms with Gasteiger partial charge in [-0.1, -0.05) is 5.16 Å². The minimum absolute atomic E-state index is 0.228. The molecule has 0 saturated carbocycles. The minimum atomic E-state index is -0.458. The summed E-state index contributed by atoms with van der Waals surface area (Å²) >= 11 is 5.64. The van der Waals surface area contributed by atoms with Gasteiger partial charge in [-0.05, 0) is 6.92 Å². The summed E-state index contributed by atoms with van der Waals surface area (Å²) in [7, 11) is 0. The molecule has 0 spiro atoms. The Hall–Kier alpha value is -0.650. The molecule has 16 heavy (non-hydrogen) atoms. The average molecular weight is 247 g/mol. The lowest BCUT2D eigenvalue weighted by Gasteiger charge is -2.33. The van der Waals surface area contributed by atoms with Crippen molar-refractivity contribution in [1.29, 1.82) is 0 Å². The van der Waals surface area contributed by atoms with E-state index in [1.54, 1.807) is 0 Å². The third-order valence-electron chi connectivity index (χ3n) is 2.71. The largest absolute Gasteiger partial charge is 0.381 e. The van der Waals surface area contributed by atoms with Crippen LogP contribution in [0.15, 0.2) is 4.52 Å². The topological polar surface area (TPSA) is 57.4 Å². The van der Waals surface area contributed by atoms with Crippen molar-refractivity contribution in [1.82, 2.24) is 10.1 Å². The maximum atomic E-state index is 5.81. The van der Waals surface area contributed by atoms with Crippen LogP contribution in [0, 0.1) is 0 Å². The highest BCUT2D eigenvalue weighted by molar-refractivity contribution is 6.16. The molecule has 5 nitrogen and oxygen atoms in total. The molecular formula is C10H15ClN2O3. The van der Waals surface area contributed by atoms with E-state index in [1.165, 1.54) is 0 Å². The molecule has 0 aromatic carbocycles. The molecule has 0 radical (unpaired) electrons. The van der Waals surface area contributed by atoms with E-state index < -0.39 is 5.60 Å². The van der Waals surface area contributed by atoms with E-state index in [-0.39, 0.29) is 5.88 Å². The Morgan fingerprint density at radius 2 is 2.19 bits per heavy atom. The van der Waals surface area contributed by atoms with Gasteiger partial charge in [0.25, 0.3) is 0 Å². The lowest BCUT2D eigenvalue weighted by Crippen LogP contribution is -2.37. The zero-order chi connectivity index (χ0) is 11.4. The van der Waals surface area contributed by atoms with Crippen LogP contribution in [0.5, 0.6) is 0 Å². The van der Waals surface area contributed by atoms with Gasteiger partial charge in [0, 0.05) is 32.7 Å². The summed E-state index contributed by atoms with van der Waals surface area (Å²) in [5.74, 6) is 1.25. The fraction of sp³-hybridized carbons (Fsp3) is 0.800. The predicted octanol–water partition coefficient (Wildman–Crippen LogP) is 1.85. The van der Waals surface area contributed by atoms with Crippen LogP contribution in [0.1, 0.15) is 31.5 Å². The Morgan fingerprint density at radius 3 is 2.75 bits per heavy atom. The van der Waals surface area contributed by atoms with Crippen molar-refractivity contribution in [3.8, 4) is 0 Å². The monoisotopic (exact) mass is 246 g/mol. The van der Waals surface area contributed by atoms with Crippen LogP contribution in [0.2, 0.25) is 0 Å². The molecule has 1 aliphatic rings. The van der Waals surface area contributed by atoms with Gasteiger partial charge in [0.05, 0.1) is 0 Å². The van der Waals surface area contributed by atoms with E-state index in [4.69, 9.17) is 25.6 Å². The number of alkyl halides is 1. The normalized spacial score (nSPS) is 19.9. The summed E-state index contributed by atoms with van der Waals surface area (Å²) < 4.78 is 16.2. The number of nitrogens with zero attached hydrogens (tertiary/aromatic N) is 2. The first-order valence-electron chi connectivity index (χ1n) is 5.41. The number of aromatic nitrogens is 2. The number of halogens is 1. The van der Waals surface area contributed by atoms with Crippen LogP contribution in [-0.4, -0.2) is 30.0 Å². The Bertz CT molecular complexity index is 331. The smallest absolute Gasteiger partial charge is 0.241 e. The van der Waals surface area contributed by atoms with E-state index in [0.29, 0.717) is 31.5 Å². The highest BCUT2D eigenvalue weighted by Crippen LogP contribution is 2.34. The Kier molecular flexibility index (Phi) is 3.78. The Labute approximate surface area is 99.1 Å². The minimum Gasteiger partial charge on any atom is -0.381 e. The van der Waals surface area contributed by atoms with Gasteiger partial charge in [0.1, 0.15) is 11.5 Å². The number of rotatable bonds is 4. The standard InChI is InChI=1S/C10H15ClN2O3/c1-2-15-10(3-5-14-6-4-10)9-12-8(7-11)16-13-9/h2-7H2,1H3. The molecule has 0 N–H and O–H groups in total. The molecule has 1 aliphatic heterocycles. The molecule has 0 unspecified atom stereocenters. The van der Waals surface area contributed by atoms with E-state index in [1.807, 2.05) is 6.92 Å². The zero-order valence-electron chi connectivity index (χ0n) is 9.24. The van der Waals surface area contributed by atoms with Crippen molar-refractivity contribution in [2.75, 3.05) is 19.8 Å². The quantitative estimate of drug-likeness (QED) is 0.759. The Morgan fingerprint density at radius 1 is 1.44 bits per heavy atom. The van der Waals surface area contributed by atoms with Gasteiger partial charge in [0.15, 0.2) is 0 Å². The molecule has 6 heteroatoms. The van der Waals surface area contributed by atoms with Crippen LogP contribution < -0.4 is 0 Å². The summed E-state index contributed by atoms with van der Waals surface area (Å²) in [5.41, 5.74) is -0.458. The van der Waals surface area contributed by atoms with Gasteiger partial charge in [-0.25, -0.2) is 0 Å². The third kappa shape index (κ3) is 2.21. The lowest BCUT2D eigenvalue weighted by molar-refractivity contribution is -0.118. The van der Waals surface area contributed by atoms with E-state index >= 15 is 0 Å². The number of hydrogen-bond acceptors (Lipinski definition) is 5. The first-order valence-corrected chi connectivity index (χ1v) is 5.95. The third-order valence-corrected chi connectivity index (χ3v) is 2.94. The fourth-order valence-electron chi connectivity index (χ4n) is 1.90. The van der Waals surface area contributed by atoms with E-state index in [2.05, 4.69) is 10.1 Å². The maximum Gasteiger partial charge on any atom is 0.241 e. The van der Waals surface area contributed by atoms with Gasteiger partial charge in [-0.2, -0.15) is 4.98 Å². The highest BCUT2D eigenvalue weighted by atomic mass is 35.5. The van der Waals surface area contributed by atoms with Crippen LogP contribution in [0.4, 0.5) is 0 Å². The zero-order valence-corrected chi connectivity index (χ0v) is 10.00. The SMILES string of the molecule is CCOC1(c2noc(CCl)n2)CCOCC1. The van der Waals surface area contributed by atoms with E-state index in [0.717, 1.165) is 12.8 Å². The second-order valence-corrected chi connectivity index (χ2v) is 3.95. The molecule has 2 rings (SSSR count). The van der Waals surface area contributed by atoms with Crippen molar-refractivity contribution < 1.29 is 14.0 Å². The fourth-order valence-corrected chi connectivity index (χ4v) is 2.01. The molecule has 0 aliphatic carbocycles. The molecule has 1 aromatic rings. The second-order valence-electron chi connectivity index (χ2n) is 3.69. The van der Waals surface area contributed by atoms with Crippen LogP contribution in [-0.2, 0) is 21.0 Å². The molecule has 0 bridgehead atoms. The summed E-state index contributed by atoms with van der Waals surface area (Å²) in [6.07, 6.45) is 1.50. The van der Waals surface area contributed by atoms with Crippen molar-refractivity contribution >= 4 is 11.6 Å². The van der Waals surface area contributed by atoms with Gasteiger partial charge in [-0.15, -0.1) is 11.6 Å².